The Hall–Kier alpha value is -1.67. The minimum Gasteiger partial charge on any atom is -0.478 e. The molecule has 1 aromatic rings. The van der Waals surface area contributed by atoms with Gasteiger partial charge in [-0.25, -0.2) is 9.78 Å². The molecule has 0 atom stereocenters. The highest BCUT2D eigenvalue weighted by atomic mass is 32.2. The van der Waals surface area contributed by atoms with Crippen molar-refractivity contribution in [3.05, 3.63) is 23.9 Å². The molecule has 8 heteroatoms. The fourth-order valence-electron chi connectivity index (χ4n) is 2.07. The largest absolute Gasteiger partial charge is 0.478 e. The molecule has 0 radical (unpaired) electrons. The molecular formula is C12H17N3O4S. The summed E-state index contributed by atoms with van der Waals surface area (Å²) in [5.41, 5.74) is -0.165. The van der Waals surface area contributed by atoms with Crippen molar-refractivity contribution in [1.82, 2.24) is 9.29 Å². The van der Waals surface area contributed by atoms with Crippen molar-refractivity contribution >= 4 is 22.0 Å². The lowest BCUT2D eigenvalue weighted by atomic mass is 10.0. The lowest BCUT2D eigenvalue weighted by Gasteiger charge is -2.29. The van der Waals surface area contributed by atoms with Crippen molar-refractivity contribution < 1.29 is 18.3 Å². The second-order valence-corrected chi connectivity index (χ2v) is 6.56. The number of pyridine rings is 1. The monoisotopic (exact) mass is 299 g/mol. The Labute approximate surface area is 117 Å². The van der Waals surface area contributed by atoms with E-state index in [1.165, 1.54) is 22.6 Å². The van der Waals surface area contributed by atoms with Gasteiger partial charge in [0.25, 0.3) is 0 Å². The Morgan fingerprint density at radius 2 is 2.10 bits per heavy atom. The van der Waals surface area contributed by atoms with Crippen LogP contribution >= 0.6 is 0 Å². The Morgan fingerprint density at radius 1 is 1.45 bits per heavy atom. The average Bonchev–Trinajstić information content (AvgIpc) is 2.39. The molecule has 1 saturated heterocycles. The van der Waals surface area contributed by atoms with Gasteiger partial charge in [-0.3, -0.25) is 4.72 Å². The summed E-state index contributed by atoms with van der Waals surface area (Å²) in [6, 6.07) is 2.76. The van der Waals surface area contributed by atoms with Crippen molar-refractivity contribution in [2.24, 2.45) is 5.92 Å². The lowest BCUT2D eigenvalue weighted by Crippen LogP contribution is -2.41. The van der Waals surface area contributed by atoms with Gasteiger partial charge in [-0.2, -0.15) is 12.7 Å². The minimum absolute atomic E-state index is 0.154. The van der Waals surface area contributed by atoms with Crippen molar-refractivity contribution in [2.75, 3.05) is 17.8 Å². The van der Waals surface area contributed by atoms with Gasteiger partial charge in [0.1, 0.15) is 5.56 Å². The first-order chi connectivity index (χ1) is 9.40. The third kappa shape index (κ3) is 3.26. The molecule has 0 saturated carbocycles. The van der Waals surface area contributed by atoms with Gasteiger partial charge in [0.05, 0.1) is 0 Å². The lowest BCUT2D eigenvalue weighted by molar-refractivity contribution is 0.0697. The summed E-state index contributed by atoms with van der Waals surface area (Å²) in [5.74, 6) is -0.868. The van der Waals surface area contributed by atoms with Gasteiger partial charge in [0, 0.05) is 19.3 Å². The molecule has 0 aliphatic carbocycles. The number of anilines is 1. The van der Waals surface area contributed by atoms with E-state index in [9.17, 15) is 13.2 Å². The average molecular weight is 299 g/mol. The summed E-state index contributed by atoms with van der Waals surface area (Å²) in [6.45, 7) is 2.95. The highest BCUT2D eigenvalue weighted by Crippen LogP contribution is 2.21. The van der Waals surface area contributed by atoms with Gasteiger partial charge < -0.3 is 5.11 Å². The van der Waals surface area contributed by atoms with Gasteiger partial charge in [0.2, 0.25) is 0 Å². The molecule has 2 heterocycles. The quantitative estimate of drug-likeness (QED) is 0.869. The topological polar surface area (TPSA) is 99.6 Å². The van der Waals surface area contributed by atoms with Crippen LogP contribution in [0.15, 0.2) is 18.3 Å². The maximum Gasteiger partial charge on any atom is 0.339 e. The third-order valence-corrected chi connectivity index (χ3v) is 4.84. The minimum atomic E-state index is -3.76. The Bertz CT molecular complexity index is 594. The first-order valence-corrected chi connectivity index (χ1v) is 7.80. The van der Waals surface area contributed by atoms with Crippen LogP contribution in [0.5, 0.6) is 0 Å². The molecule has 0 unspecified atom stereocenters. The molecule has 1 fully saturated rings. The van der Waals surface area contributed by atoms with Crippen LogP contribution in [0.25, 0.3) is 0 Å². The van der Waals surface area contributed by atoms with Crippen molar-refractivity contribution in [3.8, 4) is 0 Å². The third-order valence-electron chi connectivity index (χ3n) is 3.35. The highest BCUT2D eigenvalue weighted by Gasteiger charge is 2.27. The predicted octanol–water partition coefficient (Wildman–Crippen LogP) is 1.17. The Morgan fingerprint density at radius 3 is 2.70 bits per heavy atom. The molecule has 20 heavy (non-hydrogen) atoms. The SMILES string of the molecule is CC1CCN(S(=O)(=O)Nc2ncccc2C(=O)O)CC1. The zero-order valence-electron chi connectivity index (χ0n) is 11.1. The summed E-state index contributed by atoms with van der Waals surface area (Å²) in [5, 5.41) is 9.02. The number of carbonyl (C=O) groups is 1. The Kier molecular flexibility index (Phi) is 4.24. The first kappa shape index (κ1) is 14.7. The van der Waals surface area contributed by atoms with Crippen LogP contribution in [0.1, 0.15) is 30.1 Å². The standard InChI is InChI=1S/C12H17N3O4S/c1-9-4-7-15(8-5-9)20(18,19)14-11-10(12(16)17)3-2-6-13-11/h2-3,6,9H,4-5,7-8H2,1H3,(H,13,14)(H,16,17). The van der Waals surface area contributed by atoms with E-state index in [1.807, 2.05) is 0 Å². The van der Waals surface area contributed by atoms with E-state index in [2.05, 4.69) is 16.6 Å². The number of piperidine rings is 1. The summed E-state index contributed by atoms with van der Waals surface area (Å²) in [6.07, 6.45) is 2.95. The number of nitrogens with zero attached hydrogens (tertiary/aromatic N) is 2. The molecule has 0 amide bonds. The van der Waals surface area contributed by atoms with E-state index in [0.717, 1.165) is 12.8 Å². The molecule has 1 aliphatic rings. The maximum absolute atomic E-state index is 12.2. The summed E-state index contributed by atoms with van der Waals surface area (Å²) < 4.78 is 28.0. The zero-order valence-corrected chi connectivity index (χ0v) is 11.9. The molecular weight excluding hydrogens is 282 g/mol. The molecule has 0 bridgehead atoms. The molecule has 0 aromatic carbocycles. The maximum atomic E-state index is 12.2. The van der Waals surface area contributed by atoms with Crippen LogP contribution in [0, 0.1) is 5.92 Å². The summed E-state index contributed by atoms with van der Waals surface area (Å²) in [4.78, 5) is 14.8. The molecule has 2 N–H and O–H groups in total. The molecule has 0 spiro atoms. The van der Waals surface area contributed by atoms with E-state index in [4.69, 9.17) is 5.11 Å². The number of nitrogens with one attached hydrogen (secondary N) is 1. The van der Waals surface area contributed by atoms with Gasteiger partial charge in [0.15, 0.2) is 5.82 Å². The van der Waals surface area contributed by atoms with E-state index < -0.39 is 16.2 Å². The molecule has 2 rings (SSSR count). The van der Waals surface area contributed by atoms with E-state index >= 15 is 0 Å². The number of carboxylic acids is 1. The van der Waals surface area contributed by atoms with E-state index in [0.29, 0.717) is 19.0 Å². The van der Waals surface area contributed by atoms with E-state index in [1.54, 1.807) is 0 Å². The normalized spacial score (nSPS) is 17.9. The number of rotatable bonds is 4. The highest BCUT2D eigenvalue weighted by molar-refractivity contribution is 7.90. The van der Waals surface area contributed by atoms with Crippen molar-refractivity contribution in [1.29, 1.82) is 0 Å². The second-order valence-electron chi connectivity index (χ2n) is 4.89. The number of hydrogen-bond acceptors (Lipinski definition) is 4. The fraction of sp³-hybridized carbons (Fsp3) is 0.500. The predicted molar refractivity (Wildman–Crippen MR) is 73.7 cm³/mol. The van der Waals surface area contributed by atoms with Crippen LogP contribution in [-0.4, -0.2) is 41.9 Å². The van der Waals surface area contributed by atoms with Crippen molar-refractivity contribution in [3.63, 3.8) is 0 Å². The summed E-state index contributed by atoms with van der Waals surface area (Å²) >= 11 is 0. The number of aromatic nitrogens is 1. The number of hydrogen-bond donors (Lipinski definition) is 2. The number of aromatic carboxylic acids is 1. The molecule has 1 aliphatic heterocycles. The first-order valence-electron chi connectivity index (χ1n) is 6.36. The Balaban J connectivity index is 2.18. The van der Waals surface area contributed by atoms with Gasteiger partial charge in [-0.15, -0.1) is 0 Å². The van der Waals surface area contributed by atoms with Gasteiger partial charge in [-0.05, 0) is 30.9 Å². The van der Waals surface area contributed by atoms with Crippen LogP contribution in [0.4, 0.5) is 5.82 Å². The second kappa shape index (κ2) is 5.76. The fourth-order valence-corrected chi connectivity index (χ4v) is 3.30. The van der Waals surface area contributed by atoms with E-state index in [-0.39, 0.29) is 11.4 Å². The summed E-state index contributed by atoms with van der Waals surface area (Å²) in [7, 11) is -3.76. The molecule has 1 aromatic heterocycles. The number of carboxylic acid groups (broad SMARTS) is 1. The molecule has 7 nitrogen and oxygen atoms in total. The zero-order chi connectivity index (χ0) is 14.8. The van der Waals surface area contributed by atoms with Crippen LogP contribution in [0.2, 0.25) is 0 Å². The van der Waals surface area contributed by atoms with Crippen LogP contribution < -0.4 is 4.72 Å². The molecule has 110 valence electrons. The van der Waals surface area contributed by atoms with Gasteiger partial charge in [-0.1, -0.05) is 6.92 Å². The van der Waals surface area contributed by atoms with Gasteiger partial charge >= 0.3 is 16.2 Å². The van der Waals surface area contributed by atoms with Crippen molar-refractivity contribution in [2.45, 2.75) is 19.8 Å². The van der Waals surface area contributed by atoms with Crippen LogP contribution in [0.3, 0.4) is 0 Å². The van der Waals surface area contributed by atoms with Crippen LogP contribution in [-0.2, 0) is 10.2 Å². The smallest absolute Gasteiger partial charge is 0.339 e.